The van der Waals surface area contributed by atoms with Crippen molar-refractivity contribution in [2.45, 2.75) is 39.0 Å². The number of hydrogen-bond acceptors (Lipinski definition) is 4. The zero-order valence-electron chi connectivity index (χ0n) is 22.8. The maximum Gasteiger partial charge on any atom is 0.416 e. The van der Waals surface area contributed by atoms with E-state index >= 15 is 0 Å². The Labute approximate surface area is 243 Å². The summed E-state index contributed by atoms with van der Waals surface area (Å²) >= 11 is 6.15. The van der Waals surface area contributed by atoms with E-state index in [1.807, 2.05) is 25.1 Å². The average molecular weight is 610 g/mol. The molecule has 12 heteroatoms. The minimum Gasteiger partial charge on any atom is -0.355 e. The summed E-state index contributed by atoms with van der Waals surface area (Å²) in [5.74, 6) is -1.25. The topological polar surface area (TPSA) is 86.8 Å². The Balaban J connectivity index is 2.09. The molecule has 0 spiro atoms. The molecule has 0 radical (unpaired) electrons. The van der Waals surface area contributed by atoms with Crippen molar-refractivity contribution in [3.05, 3.63) is 100 Å². The predicted molar refractivity (Wildman–Crippen MR) is 153 cm³/mol. The molecule has 0 saturated heterocycles. The second-order valence-corrected chi connectivity index (χ2v) is 11.9. The van der Waals surface area contributed by atoms with E-state index in [9.17, 15) is 31.2 Å². The van der Waals surface area contributed by atoms with Gasteiger partial charge in [0.1, 0.15) is 12.6 Å². The molecule has 0 aliphatic heterocycles. The number of anilines is 1. The summed E-state index contributed by atoms with van der Waals surface area (Å²) in [7, 11) is -4.29. The minimum atomic E-state index is -4.77. The second kappa shape index (κ2) is 13.4. The van der Waals surface area contributed by atoms with Crippen molar-refractivity contribution in [2.75, 3.05) is 23.7 Å². The van der Waals surface area contributed by atoms with Crippen molar-refractivity contribution in [1.82, 2.24) is 10.2 Å². The summed E-state index contributed by atoms with van der Waals surface area (Å²) in [6.45, 7) is 2.97. The quantitative estimate of drug-likeness (QED) is 0.323. The second-order valence-electron chi connectivity index (χ2n) is 9.54. The standard InChI is InChI=1S/C29H31ClF3N3O4S/c1-4-34-28(38)26(16-21-8-6-5-7-9-21)35(18-22-12-10-20(2)11-13-22)27(37)19-36(41(3,39)40)25-17-23(29(31,32)33)14-15-24(25)30/h5-15,17,26H,4,16,18-19H2,1-3H3,(H,34,38)/t26-/m1/s1. The van der Waals surface area contributed by atoms with Crippen molar-refractivity contribution in [3.63, 3.8) is 0 Å². The third kappa shape index (κ3) is 8.71. The van der Waals surface area contributed by atoms with Gasteiger partial charge in [-0.25, -0.2) is 8.42 Å². The van der Waals surface area contributed by atoms with Crippen molar-refractivity contribution in [3.8, 4) is 0 Å². The molecule has 7 nitrogen and oxygen atoms in total. The van der Waals surface area contributed by atoms with Crippen LogP contribution < -0.4 is 9.62 Å². The van der Waals surface area contributed by atoms with Gasteiger partial charge >= 0.3 is 6.18 Å². The van der Waals surface area contributed by atoms with Gasteiger partial charge in [0, 0.05) is 19.5 Å². The van der Waals surface area contributed by atoms with Crippen LogP contribution in [-0.4, -0.2) is 50.5 Å². The largest absolute Gasteiger partial charge is 0.416 e. The zero-order valence-corrected chi connectivity index (χ0v) is 24.4. The lowest BCUT2D eigenvalue weighted by Gasteiger charge is -2.33. The van der Waals surface area contributed by atoms with Gasteiger partial charge in [0.25, 0.3) is 0 Å². The van der Waals surface area contributed by atoms with Gasteiger partial charge in [-0.1, -0.05) is 71.8 Å². The van der Waals surface area contributed by atoms with Crippen LogP contribution in [0.1, 0.15) is 29.2 Å². The molecule has 0 aliphatic rings. The summed E-state index contributed by atoms with van der Waals surface area (Å²) in [4.78, 5) is 28.5. The molecule has 220 valence electrons. The van der Waals surface area contributed by atoms with Crippen LogP contribution in [0.4, 0.5) is 18.9 Å². The van der Waals surface area contributed by atoms with Crippen molar-refractivity contribution < 1.29 is 31.2 Å². The summed E-state index contributed by atoms with van der Waals surface area (Å²) in [6.07, 6.45) is -3.89. The first-order valence-corrected chi connectivity index (χ1v) is 14.9. The Morgan fingerprint density at radius 3 is 2.17 bits per heavy atom. The maximum absolute atomic E-state index is 14.0. The Bertz CT molecular complexity index is 1470. The van der Waals surface area contributed by atoms with Crippen molar-refractivity contribution in [2.24, 2.45) is 0 Å². The molecule has 0 unspecified atom stereocenters. The third-order valence-electron chi connectivity index (χ3n) is 6.32. The molecule has 3 rings (SSSR count). The number of nitrogens with zero attached hydrogens (tertiary/aromatic N) is 2. The highest BCUT2D eigenvalue weighted by atomic mass is 35.5. The number of alkyl halides is 3. The number of benzene rings is 3. The van der Waals surface area contributed by atoms with Crippen LogP contribution in [0.3, 0.4) is 0 Å². The molecule has 41 heavy (non-hydrogen) atoms. The molecule has 2 amide bonds. The molecular weight excluding hydrogens is 579 g/mol. The van der Waals surface area contributed by atoms with Gasteiger partial charge in [-0.15, -0.1) is 0 Å². The number of amides is 2. The number of nitrogens with one attached hydrogen (secondary N) is 1. The number of halogens is 4. The predicted octanol–water partition coefficient (Wildman–Crippen LogP) is 5.21. The van der Waals surface area contributed by atoms with Crippen LogP contribution in [0.5, 0.6) is 0 Å². The Kier molecular flexibility index (Phi) is 10.4. The third-order valence-corrected chi connectivity index (χ3v) is 7.76. The number of rotatable bonds is 11. The number of likely N-dealkylation sites (N-methyl/N-ethyl adjacent to an activating group) is 1. The van der Waals surface area contributed by atoms with E-state index in [4.69, 9.17) is 11.6 Å². The van der Waals surface area contributed by atoms with Crippen LogP contribution in [0.25, 0.3) is 0 Å². The molecule has 0 fully saturated rings. The molecule has 0 heterocycles. The van der Waals surface area contributed by atoms with E-state index < -0.39 is 51.9 Å². The van der Waals surface area contributed by atoms with E-state index in [0.717, 1.165) is 29.5 Å². The highest BCUT2D eigenvalue weighted by Gasteiger charge is 2.35. The van der Waals surface area contributed by atoms with E-state index in [-0.39, 0.29) is 24.5 Å². The normalized spacial score (nSPS) is 12.5. The highest BCUT2D eigenvalue weighted by molar-refractivity contribution is 7.92. The first-order valence-electron chi connectivity index (χ1n) is 12.7. The van der Waals surface area contributed by atoms with Gasteiger partial charge in [-0.2, -0.15) is 13.2 Å². The monoisotopic (exact) mass is 609 g/mol. The maximum atomic E-state index is 14.0. The van der Waals surface area contributed by atoms with Crippen molar-refractivity contribution in [1.29, 1.82) is 0 Å². The van der Waals surface area contributed by atoms with E-state index in [0.29, 0.717) is 15.9 Å². The molecule has 0 bridgehead atoms. The fourth-order valence-electron chi connectivity index (χ4n) is 4.21. The van der Waals surface area contributed by atoms with Gasteiger partial charge < -0.3 is 10.2 Å². The van der Waals surface area contributed by atoms with E-state index in [1.54, 1.807) is 43.3 Å². The Morgan fingerprint density at radius 1 is 0.976 bits per heavy atom. The van der Waals surface area contributed by atoms with Gasteiger partial charge in [-0.3, -0.25) is 13.9 Å². The molecule has 3 aromatic rings. The minimum absolute atomic E-state index is 0.0539. The van der Waals surface area contributed by atoms with Crippen LogP contribution in [0, 0.1) is 6.92 Å². The van der Waals surface area contributed by atoms with Gasteiger partial charge in [-0.05, 0) is 43.2 Å². The first kappa shape index (κ1) is 32.0. The molecule has 3 aromatic carbocycles. The molecule has 0 aliphatic carbocycles. The Hall–Kier alpha value is -3.57. The fourth-order valence-corrected chi connectivity index (χ4v) is 5.33. The van der Waals surface area contributed by atoms with Crippen LogP contribution in [-0.2, 0) is 38.8 Å². The number of carbonyl (C=O) groups excluding carboxylic acids is 2. The summed E-state index contributed by atoms with van der Waals surface area (Å²) in [6, 6.07) is 17.4. The van der Waals surface area contributed by atoms with E-state index in [1.165, 1.54) is 4.90 Å². The smallest absolute Gasteiger partial charge is 0.355 e. The van der Waals surface area contributed by atoms with Gasteiger partial charge in [0.05, 0.1) is 22.5 Å². The lowest BCUT2D eigenvalue weighted by atomic mass is 10.0. The summed E-state index contributed by atoms with van der Waals surface area (Å²) < 4.78 is 66.6. The van der Waals surface area contributed by atoms with Crippen LogP contribution in [0.2, 0.25) is 5.02 Å². The summed E-state index contributed by atoms with van der Waals surface area (Å²) in [5, 5.41) is 2.45. The van der Waals surface area contributed by atoms with Crippen LogP contribution >= 0.6 is 11.6 Å². The van der Waals surface area contributed by atoms with Crippen molar-refractivity contribution >= 4 is 39.1 Å². The number of aryl methyl sites for hydroxylation is 1. The molecule has 1 N–H and O–H groups in total. The number of carbonyl (C=O) groups is 2. The SMILES string of the molecule is CCNC(=O)[C@@H](Cc1ccccc1)N(Cc1ccc(C)cc1)C(=O)CN(c1cc(C(F)(F)F)ccc1Cl)S(C)(=O)=O. The average Bonchev–Trinajstić information content (AvgIpc) is 2.90. The van der Waals surface area contributed by atoms with E-state index in [2.05, 4.69) is 5.32 Å². The molecular formula is C29H31ClF3N3O4S. The first-order chi connectivity index (χ1) is 19.2. The molecule has 1 atom stereocenters. The lowest BCUT2D eigenvalue weighted by Crippen LogP contribution is -2.53. The molecule has 0 saturated carbocycles. The lowest BCUT2D eigenvalue weighted by molar-refractivity contribution is -0.140. The van der Waals surface area contributed by atoms with Crippen LogP contribution in [0.15, 0.2) is 72.8 Å². The number of sulfonamides is 1. The zero-order chi connectivity index (χ0) is 30.4. The van der Waals surface area contributed by atoms with Gasteiger partial charge in [0.15, 0.2) is 0 Å². The highest BCUT2D eigenvalue weighted by Crippen LogP contribution is 2.36. The molecule has 0 aromatic heterocycles. The Morgan fingerprint density at radius 2 is 1.61 bits per heavy atom. The number of hydrogen-bond donors (Lipinski definition) is 1. The van der Waals surface area contributed by atoms with Gasteiger partial charge in [0.2, 0.25) is 21.8 Å². The fraction of sp³-hybridized carbons (Fsp3) is 0.310. The summed E-state index contributed by atoms with van der Waals surface area (Å²) in [5.41, 5.74) is 0.781.